The molecule has 0 saturated heterocycles. The number of carboxylic acids is 1. The monoisotopic (exact) mass is 182 g/mol. The van der Waals surface area contributed by atoms with Gasteiger partial charge in [0.1, 0.15) is 0 Å². The summed E-state index contributed by atoms with van der Waals surface area (Å²) in [6, 6.07) is 0. The van der Waals surface area contributed by atoms with E-state index in [1.807, 2.05) is 0 Å². The van der Waals surface area contributed by atoms with Crippen LogP contribution in [0.1, 0.15) is 33.6 Å². The van der Waals surface area contributed by atoms with Crippen LogP contribution in [0.15, 0.2) is 0 Å². The van der Waals surface area contributed by atoms with E-state index < -0.39 is 5.97 Å². The Morgan fingerprint density at radius 2 is 2.08 bits per heavy atom. The number of rotatable bonds is 1. The second kappa shape index (κ2) is 2.49. The molecule has 0 aromatic heterocycles. The Morgan fingerprint density at radius 3 is 2.46 bits per heavy atom. The Bertz CT molecular complexity index is 248. The lowest BCUT2D eigenvalue weighted by Crippen LogP contribution is -2.37. The van der Waals surface area contributed by atoms with E-state index in [0.29, 0.717) is 11.8 Å². The molecule has 1 N–H and O–H groups in total. The summed E-state index contributed by atoms with van der Waals surface area (Å²) in [5.74, 6) is 1.31. The van der Waals surface area contributed by atoms with Crippen LogP contribution in [0, 0.1) is 29.1 Å². The van der Waals surface area contributed by atoms with E-state index in [1.165, 1.54) is 0 Å². The van der Waals surface area contributed by atoms with E-state index in [0.717, 1.165) is 18.8 Å². The van der Waals surface area contributed by atoms with E-state index in [2.05, 4.69) is 20.8 Å². The van der Waals surface area contributed by atoms with Crippen molar-refractivity contribution in [1.29, 1.82) is 0 Å². The van der Waals surface area contributed by atoms with Gasteiger partial charge in [-0.2, -0.15) is 0 Å². The molecule has 2 saturated carbocycles. The maximum Gasteiger partial charge on any atom is 0.307 e. The topological polar surface area (TPSA) is 37.3 Å². The number of carbonyl (C=O) groups is 1. The SMILES string of the molecule is CC1C2CC(C(=O)O)C(C)(C2)C1C. The van der Waals surface area contributed by atoms with Crippen molar-refractivity contribution >= 4 is 5.97 Å². The molecule has 2 aliphatic carbocycles. The predicted molar refractivity (Wildman–Crippen MR) is 50.3 cm³/mol. The molecule has 13 heavy (non-hydrogen) atoms. The standard InChI is InChI=1S/C11H18O2/c1-6-7(2)11(3)5-8(6)4-9(11)10(12)13/h6-9H,4-5H2,1-3H3,(H,12,13). The fourth-order valence-corrected chi connectivity index (χ4v) is 3.66. The molecular formula is C11H18O2. The van der Waals surface area contributed by atoms with Gasteiger partial charge in [-0.1, -0.05) is 20.8 Å². The van der Waals surface area contributed by atoms with Crippen LogP contribution in [0.5, 0.6) is 0 Å². The van der Waals surface area contributed by atoms with Crippen LogP contribution in [-0.4, -0.2) is 11.1 Å². The summed E-state index contributed by atoms with van der Waals surface area (Å²) in [6.07, 6.45) is 2.05. The zero-order valence-corrected chi connectivity index (χ0v) is 8.58. The smallest absolute Gasteiger partial charge is 0.307 e. The fourth-order valence-electron chi connectivity index (χ4n) is 3.66. The maximum absolute atomic E-state index is 11.0. The Hall–Kier alpha value is -0.530. The first kappa shape index (κ1) is 9.04. The van der Waals surface area contributed by atoms with Gasteiger partial charge >= 0.3 is 5.97 Å². The van der Waals surface area contributed by atoms with Gasteiger partial charge in [-0.25, -0.2) is 0 Å². The molecule has 0 aliphatic heterocycles. The van der Waals surface area contributed by atoms with E-state index in [4.69, 9.17) is 5.11 Å². The highest BCUT2D eigenvalue weighted by Gasteiger charge is 2.59. The molecule has 2 nitrogen and oxygen atoms in total. The molecule has 2 bridgehead atoms. The average Bonchev–Trinajstić information content (AvgIpc) is 2.49. The minimum Gasteiger partial charge on any atom is -0.481 e. The number of fused-ring (bicyclic) bond motifs is 2. The van der Waals surface area contributed by atoms with Crippen molar-refractivity contribution in [3.05, 3.63) is 0 Å². The van der Waals surface area contributed by atoms with Gasteiger partial charge in [0, 0.05) is 0 Å². The lowest BCUT2D eigenvalue weighted by atomic mass is 9.67. The van der Waals surface area contributed by atoms with Gasteiger partial charge in [0.05, 0.1) is 5.92 Å². The summed E-state index contributed by atoms with van der Waals surface area (Å²) in [6.45, 7) is 6.67. The second-order valence-corrected chi connectivity index (χ2v) is 5.24. The van der Waals surface area contributed by atoms with Gasteiger partial charge in [-0.05, 0) is 36.0 Å². The van der Waals surface area contributed by atoms with Gasteiger partial charge in [-0.15, -0.1) is 0 Å². The molecule has 0 radical (unpaired) electrons. The van der Waals surface area contributed by atoms with Crippen molar-refractivity contribution < 1.29 is 9.90 Å². The quantitative estimate of drug-likeness (QED) is 0.676. The first-order valence-corrected chi connectivity index (χ1v) is 5.19. The fraction of sp³-hybridized carbons (Fsp3) is 0.909. The van der Waals surface area contributed by atoms with Crippen LogP contribution < -0.4 is 0 Å². The van der Waals surface area contributed by atoms with E-state index in [1.54, 1.807) is 0 Å². The molecular weight excluding hydrogens is 164 g/mol. The van der Waals surface area contributed by atoms with Crippen LogP contribution in [-0.2, 0) is 4.79 Å². The molecule has 2 rings (SSSR count). The van der Waals surface area contributed by atoms with Crippen LogP contribution in [0.2, 0.25) is 0 Å². The Balaban J connectivity index is 2.29. The third kappa shape index (κ3) is 0.976. The summed E-state index contributed by atoms with van der Waals surface area (Å²) in [7, 11) is 0. The lowest BCUT2D eigenvalue weighted by Gasteiger charge is -2.37. The van der Waals surface area contributed by atoms with E-state index >= 15 is 0 Å². The van der Waals surface area contributed by atoms with Gasteiger partial charge in [0.2, 0.25) is 0 Å². The van der Waals surface area contributed by atoms with E-state index in [9.17, 15) is 4.79 Å². The molecule has 2 heteroatoms. The summed E-state index contributed by atoms with van der Waals surface area (Å²) in [5.41, 5.74) is 0.0793. The van der Waals surface area contributed by atoms with E-state index in [-0.39, 0.29) is 11.3 Å². The van der Waals surface area contributed by atoms with Crippen molar-refractivity contribution in [3.8, 4) is 0 Å². The molecule has 5 atom stereocenters. The lowest BCUT2D eigenvalue weighted by molar-refractivity contribution is -0.147. The van der Waals surface area contributed by atoms with Crippen molar-refractivity contribution in [3.63, 3.8) is 0 Å². The summed E-state index contributed by atoms with van der Waals surface area (Å²) >= 11 is 0. The predicted octanol–water partition coefficient (Wildman–Crippen LogP) is 2.39. The maximum atomic E-state index is 11.0. The molecule has 0 heterocycles. The number of hydrogen-bond donors (Lipinski definition) is 1. The van der Waals surface area contributed by atoms with Crippen molar-refractivity contribution in [1.82, 2.24) is 0 Å². The van der Waals surface area contributed by atoms with Crippen molar-refractivity contribution in [2.24, 2.45) is 29.1 Å². The Labute approximate surface area is 79.3 Å². The molecule has 2 fully saturated rings. The summed E-state index contributed by atoms with van der Waals surface area (Å²) in [5, 5.41) is 9.10. The third-order valence-electron chi connectivity index (χ3n) is 4.91. The molecule has 2 aliphatic rings. The molecule has 5 unspecified atom stereocenters. The van der Waals surface area contributed by atoms with Crippen LogP contribution >= 0.6 is 0 Å². The minimum absolute atomic E-state index is 0.0793. The zero-order valence-electron chi connectivity index (χ0n) is 8.58. The summed E-state index contributed by atoms with van der Waals surface area (Å²) < 4.78 is 0. The molecule has 0 aromatic carbocycles. The highest BCUT2D eigenvalue weighted by molar-refractivity contribution is 5.72. The zero-order chi connectivity index (χ0) is 9.80. The number of aliphatic carboxylic acids is 1. The largest absolute Gasteiger partial charge is 0.481 e. The van der Waals surface area contributed by atoms with Crippen LogP contribution in [0.4, 0.5) is 0 Å². The van der Waals surface area contributed by atoms with Gasteiger partial charge in [0.25, 0.3) is 0 Å². The highest BCUT2D eigenvalue weighted by Crippen LogP contribution is 2.62. The first-order chi connectivity index (χ1) is 5.97. The van der Waals surface area contributed by atoms with Crippen LogP contribution in [0.25, 0.3) is 0 Å². The third-order valence-corrected chi connectivity index (χ3v) is 4.91. The molecule has 0 amide bonds. The number of carboxylic acid groups (broad SMARTS) is 1. The van der Waals surface area contributed by atoms with Gasteiger partial charge < -0.3 is 5.11 Å². The number of hydrogen-bond acceptors (Lipinski definition) is 1. The average molecular weight is 182 g/mol. The normalized spacial score (nSPS) is 54.1. The van der Waals surface area contributed by atoms with Gasteiger partial charge in [0.15, 0.2) is 0 Å². The Morgan fingerprint density at radius 1 is 1.46 bits per heavy atom. The first-order valence-electron chi connectivity index (χ1n) is 5.19. The van der Waals surface area contributed by atoms with Crippen molar-refractivity contribution in [2.45, 2.75) is 33.6 Å². The minimum atomic E-state index is -0.580. The molecule has 0 aromatic rings. The Kier molecular flexibility index (Phi) is 1.73. The van der Waals surface area contributed by atoms with Crippen molar-refractivity contribution in [2.75, 3.05) is 0 Å². The van der Waals surface area contributed by atoms with Gasteiger partial charge in [-0.3, -0.25) is 4.79 Å². The summed E-state index contributed by atoms with van der Waals surface area (Å²) in [4.78, 5) is 11.0. The molecule has 0 spiro atoms. The van der Waals surface area contributed by atoms with Crippen LogP contribution in [0.3, 0.4) is 0 Å². The second-order valence-electron chi connectivity index (χ2n) is 5.24. The molecule has 74 valence electrons. The highest BCUT2D eigenvalue weighted by atomic mass is 16.4.